The Morgan fingerprint density at radius 1 is 1.33 bits per heavy atom. The maximum Gasteiger partial charge on any atom is 0.285 e. The van der Waals surface area contributed by atoms with E-state index in [-0.39, 0.29) is 25.5 Å². The minimum absolute atomic E-state index is 0.104. The molecule has 8 nitrogen and oxygen atoms in total. The number of thioether (sulfide) groups is 1. The van der Waals surface area contributed by atoms with Crippen molar-refractivity contribution in [2.24, 2.45) is 0 Å². The number of hydrazine groups is 1. The van der Waals surface area contributed by atoms with Gasteiger partial charge in [-0.3, -0.25) is 25.1 Å². The Morgan fingerprint density at radius 3 is 2.70 bits per heavy atom. The van der Waals surface area contributed by atoms with Gasteiger partial charge in [-0.05, 0) is 49.0 Å². The molecular formula is C19H14ClN3O5S2. The number of amides is 2. The van der Waals surface area contributed by atoms with Crippen molar-refractivity contribution < 1.29 is 19.2 Å². The second kappa shape index (κ2) is 8.82. The summed E-state index contributed by atoms with van der Waals surface area (Å²) in [6.45, 7) is 1.84. The standard InChI is InChI=1S/C19H14ClN3O5S2/c1-10-3-5-13(14(20)7-10)17(24)21-22-18(25)16(30-19(22)29)9-11-8-12(23(26)27)4-6-15(11)28-2/h3-9H,1-2H3,(H,21,24)/b16-9+. The van der Waals surface area contributed by atoms with Crippen molar-refractivity contribution in [3.8, 4) is 5.75 Å². The maximum atomic E-state index is 12.8. The van der Waals surface area contributed by atoms with Crippen molar-refractivity contribution in [1.29, 1.82) is 0 Å². The van der Waals surface area contributed by atoms with Crippen LogP contribution in [0.15, 0.2) is 41.3 Å². The number of nitro groups is 1. The highest BCUT2D eigenvalue weighted by Crippen LogP contribution is 2.34. The summed E-state index contributed by atoms with van der Waals surface area (Å²) in [5, 5.41) is 12.2. The highest BCUT2D eigenvalue weighted by molar-refractivity contribution is 8.26. The molecule has 1 aliphatic rings. The zero-order valence-electron chi connectivity index (χ0n) is 15.7. The van der Waals surface area contributed by atoms with Gasteiger partial charge in [0.25, 0.3) is 17.5 Å². The lowest BCUT2D eigenvalue weighted by molar-refractivity contribution is -0.384. The highest BCUT2D eigenvalue weighted by atomic mass is 35.5. The van der Waals surface area contributed by atoms with E-state index in [1.165, 1.54) is 31.4 Å². The van der Waals surface area contributed by atoms with Crippen LogP contribution in [-0.4, -0.2) is 33.2 Å². The predicted octanol–water partition coefficient (Wildman–Crippen LogP) is 4.11. The Bertz CT molecular complexity index is 1120. The Kier molecular flexibility index (Phi) is 6.40. The minimum Gasteiger partial charge on any atom is -0.496 e. The number of nitrogens with zero attached hydrogens (tertiary/aromatic N) is 2. The zero-order chi connectivity index (χ0) is 22.0. The molecule has 1 aliphatic heterocycles. The lowest BCUT2D eigenvalue weighted by Crippen LogP contribution is -2.44. The van der Waals surface area contributed by atoms with Gasteiger partial charge in [-0.25, -0.2) is 0 Å². The number of non-ortho nitro benzene ring substituents is 1. The summed E-state index contributed by atoms with van der Waals surface area (Å²) in [4.78, 5) is 36.0. The van der Waals surface area contributed by atoms with Gasteiger partial charge in [0.2, 0.25) is 0 Å². The van der Waals surface area contributed by atoms with Gasteiger partial charge in [0, 0.05) is 17.7 Å². The lowest BCUT2D eigenvalue weighted by Gasteiger charge is -2.16. The quantitative estimate of drug-likeness (QED) is 0.308. The van der Waals surface area contributed by atoms with Crippen molar-refractivity contribution in [2.75, 3.05) is 7.11 Å². The molecule has 11 heteroatoms. The molecule has 0 aliphatic carbocycles. The minimum atomic E-state index is -0.592. The molecule has 1 saturated heterocycles. The van der Waals surface area contributed by atoms with Crippen molar-refractivity contribution in [3.05, 3.63) is 73.1 Å². The van der Waals surface area contributed by atoms with Crippen LogP contribution >= 0.6 is 35.6 Å². The molecule has 30 heavy (non-hydrogen) atoms. The number of benzene rings is 2. The maximum absolute atomic E-state index is 12.8. The first-order valence-corrected chi connectivity index (χ1v) is 9.99. The van der Waals surface area contributed by atoms with Crippen LogP contribution in [0.25, 0.3) is 6.08 Å². The molecule has 1 fully saturated rings. The molecule has 0 spiro atoms. The van der Waals surface area contributed by atoms with Crippen molar-refractivity contribution in [1.82, 2.24) is 10.4 Å². The van der Waals surface area contributed by atoms with E-state index in [0.29, 0.717) is 11.3 Å². The largest absolute Gasteiger partial charge is 0.496 e. The third-order valence-corrected chi connectivity index (χ3v) is 5.70. The number of hydrogen-bond donors (Lipinski definition) is 1. The summed E-state index contributed by atoms with van der Waals surface area (Å²) in [7, 11) is 1.41. The van der Waals surface area contributed by atoms with Gasteiger partial charge in [-0.15, -0.1) is 0 Å². The fourth-order valence-electron chi connectivity index (χ4n) is 2.62. The second-order valence-corrected chi connectivity index (χ2v) is 8.21. The Morgan fingerprint density at radius 2 is 2.07 bits per heavy atom. The lowest BCUT2D eigenvalue weighted by atomic mass is 10.1. The molecule has 2 aromatic carbocycles. The fourth-order valence-corrected chi connectivity index (χ4v) is 4.11. The molecule has 1 heterocycles. The summed E-state index contributed by atoms with van der Waals surface area (Å²) in [5.41, 5.74) is 3.71. The highest BCUT2D eigenvalue weighted by Gasteiger charge is 2.34. The SMILES string of the molecule is COc1ccc([N+](=O)[O-])cc1/C=C1/SC(=S)N(NC(=O)c2ccc(C)cc2Cl)C1=O. The second-order valence-electron chi connectivity index (χ2n) is 6.12. The van der Waals surface area contributed by atoms with Crippen LogP contribution in [0.5, 0.6) is 5.75 Å². The van der Waals surface area contributed by atoms with Crippen LogP contribution in [0, 0.1) is 17.0 Å². The number of ether oxygens (including phenoxy) is 1. The first-order valence-electron chi connectivity index (χ1n) is 8.38. The number of carbonyl (C=O) groups excluding carboxylic acids is 2. The van der Waals surface area contributed by atoms with Crippen LogP contribution in [0.3, 0.4) is 0 Å². The Hall–Kier alpha value is -2.95. The molecule has 154 valence electrons. The van der Waals surface area contributed by atoms with Crippen LogP contribution in [0.2, 0.25) is 5.02 Å². The number of nitrogens with one attached hydrogen (secondary N) is 1. The topological polar surface area (TPSA) is 102 Å². The average molecular weight is 464 g/mol. The molecule has 0 saturated carbocycles. The summed E-state index contributed by atoms with van der Waals surface area (Å²) in [6.07, 6.45) is 1.43. The first-order chi connectivity index (χ1) is 14.2. The Balaban J connectivity index is 1.87. The van der Waals surface area contributed by atoms with Crippen LogP contribution < -0.4 is 10.2 Å². The third kappa shape index (κ3) is 4.45. The van der Waals surface area contributed by atoms with Crippen molar-refractivity contribution >= 4 is 63.5 Å². The molecule has 1 N–H and O–H groups in total. The summed E-state index contributed by atoms with van der Waals surface area (Å²) in [6, 6.07) is 8.93. The number of hydrogen-bond acceptors (Lipinski definition) is 7. The first kappa shape index (κ1) is 21.8. The van der Waals surface area contributed by atoms with Gasteiger partial charge in [-0.1, -0.05) is 29.4 Å². The van der Waals surface area contributed by atoms with E-state index < -0.39 is 16.7 Å². The van der Waals surface area contributed by atoms with Gasteiger partial charge < -0.3 is 4.74 Å². The number of aryl methyl sites for hydroxylation is 1. The normalized spacial score (nSPS) is 14.9. The predicted molar refractivity (Wildman–Crippen MR) is 118 cm³/mol. The molecular weight excluding hydrogens is 450 g/mol. The Labute approximate surface area is 186 Å². The summed E-state index contributed by atoms with van der Waals surface area (Å²) < 4.78 is 5.31. The van der Waals surface area contributed by atoms with Crippen LogP contribution in [-0.2, 0) is 4.79 Å². The van der Waals surface area contributed by atoms with E-state index in [1.54, 1.807) is 18.2 Å². The van der Waals surface area contributed by atoms with Gasteiger partial charge >= 0.3 is 0 Å². The van der Waals surface area contributed by atoms with E-state index in [2.05, 4.69) is 5.43 Å². The molecule has 0 radical (unpaired) electrons. The number of methoxy groups -OCH3 is 1. The molecule has 0 unspecified atom stereocenters. The van der Waals surface area contributed by atoms with Crippen molar-refractivity contribution in [2.45, 2.75) is 6.92 Å². The molecule has 0 aromatic heterocycles. The summed E-state index contributed by atoms with van der Waals surface area (Å²) >= 11 is 12.3. The fraction of sp³-hybridized carbons (Fsp3) is 0.105. The monoisotopic (exact) mass is 463 g/mol. The van der Waals surface area contributed by atoms with Crippen LogP contribution in [0.4, 0.5) is 5.69 Å². The van der Waals surface area contributed by atoms with Crippen molar-refractivity contribution in [3.63, 3.8) is 0 Å². The molecule has 2 amide bonds. The van der Waals surface area contributed by atoms with E-state index >= 15 is 0 Å². The van der Waals surface area contributed by atoms with Crippen LogP contribution in [0.1, 0.15) is 21.5 Å². The molecule has 3 rings (SSSR count). The van der Waals surface area contributed by atoms with Gasteiger partial charge in [0.05, 0.1) is 27.5 Å². The van der Waals surface area contributed by atoms with Gasteiger partial charge in [0.15, 0.2) is 4.32 Å². The molecule has 0 bridgehead atoms. The number of halogens is 1. The van der Waals surface area contributed by atoms with E-state index in [1.807, 2.05) is 6.92 Å². The number of thiocarbonyl (C=S) groups is 1. The van der Waals surface area contributed by atoms with E-state index in [9.17, 15) is 19.7 Å². The summed E-state index contributed by atoms with van der Waals surface area (Å²) in [5.74, 6) is -0.818. The number of rotatable bonds is 5. The molecule has 2 aromatic rings. The smallest absolute Gasteiger partial charge is 0.285 e. The molecule has 0 atom stereocenters. The number of nitro benzene ring substituents is 1. The van der Waals surface area contributed by atoms with E-state index in [0.717, 1.165) is 22.3 Å². The number of carbonyl (C=O) groups is 2. The van der Waals surface area contributed by atoms with Gasteiger partial charge in [-0.2, -0.15) is 5.01 Å². The zero-order valence-corrected chi connectivity index (χ0v) is 18.1. The van der Waals surface area contributed by atoms with E-state index in [4.69, 9.17) is 28.6 Å². The third-order valence-electron chi connectivity index (χ3n) is 4.09. The van der Waals surface area contributed by atoms with Gasteiger partial charge in [0.1, 0.15) is 5.75 Å². The average Bonchev–Trinajstić information content (AvgIpc) is 2.95.